The molecule has 4 rings (SSSR count). The van der Waals surface area contributed by atoms with Gasteiger partial charge < -0.3 is 10.6 Å². The van der Waals surface area contributed by atoms with Gasteiger partial charge in [-0.1, -0.05) is 62.4 Å². The van der Waals surface area contributed by atoms with Gasteiger partial charge in [0.25, 0.3) is 5.91 Å². The highest BCUT2D eigenvalue weighted by atomic mass is 32.2. The largest absolute Gasteiger partial charge is 0.341 e. The average Bonchev–Trinajstić information content (AvgIpc) is 3.56. The molecule has 5 heteroatoms. The van der Waals surface area contributed by atoms with E-state index in [-0.39, 0.29) is 17.7 Å². The summed E-state index contributed by atoms with van der Waals surface area (Å²) in [5.74, 6) is 0.590. The molecule has 0 radical (unpaired) electrons. The third-order valence-corrected chi connectivity index (χ3v) is 6.64. The van der Waals surface area contributed by atoms with E-state index < -0.39 is 5.54 Å². The molecule has 32 heavy (non-hydrogen) atoms. The predicted octanol–water partition coefficient (Wildman–Crippen LogP) is 6.08. The van der Waals surface area contributed by atoms with Gasteiger partial charge in [0, 0.05) is 29.2 Å². The molecule has 1 fully saturated rings. The highest BCUT2D eigenvalue weighted by Gasteiger charge is 2.61. The molecule has 0 heterocycles. The number of nitrogens with one attached hydrogen (secondary N) is 2. The van der Waals surface area contributed by atoms with Gasteiger partial charge in [-0.3, -0.25) is 9.59 Å². The van der Waals surface area contributed by atoms with Crippen molar-refractivity contribution in [3.63, 3.8) is 0 Å². The van der Waals surface area contributed by atoms with E-state index in [1.54, 1.807) is 11.8 Å². The molecule has 1 saturated carbocycles. The Kier molecular flexibility index (Phi) is 8.34. The lowest BCUT2D eigenvalue weighted by Crippen LogP contribution is -2.46. The number of carbonyl (C=O) groups excluding carboxylic acids is 2. The van der Waals surface area contributed by atoms with E-state index >= 15 is 0 Å². The van der Waals surface area contributed by atoms with Crippen LogP contribution < -0.4 is 10.6 Å². The molecule has 0 aromatic heterocycles. The van der Waals surface area contributed by atoms with Crippen molar-refractivity contribution in [2.24, 2.45) is 0 Å². The zero-order valence-corrected chi connectivity index (χ0v) is 19.9. The Labute approximate surface area is 195 Å². The lowest BCUT2D eigenvalue weighted by Gasteiger charge is -2.19. The molecule has 168 valence electrons. The molecule has 2 N–H and O–H groups in total. The molecule has 2 unspecified atom stereocenters. The monoisotopic (exact) mass is 448 g/mol. The maximum absolute atomic E-state index is 13.1. The van der Waals surface area contributed by atoms with Crippen LogP contribution in [0.4, 0.5) is 5.69 Å². The van der Waals surface area contributed by atoms with Crippen LogP contribution >= 0.6 is 11.8 Å². The van der Waals surface area contributed by atoms with Gasteiger partial charge >= 0.3 is 0 Å². The molecule has 0 aliphatic heterocycles. The fourth-order valence-corrected chi connectivity index (χ4v) is 4.81. The van der Waals surface area contributed by atoms with Crippen LogP contribution in [-0.2, 0) is 9.59 Å². The average molecular weight is 449 g/mol. The second-order valence-electron chi connectivity index (χ2n) is 7.85. The molecule has 2 aromatic rings. The number of amides is 2. The van der Waals surface area contributed by atoms with Crippen molar-refractivity contribution in [2.45, 2.75) is 56.4 Å². The molecule has 2 aromatic carbocycles. The summed E-state index contributed by atoms with van der Waals surface area (Å²) in [7, 11) is 0. The third-order valence-electron chi connectivity index (χ3n) is 5.56. The van der Waals surface area contributed by atoms with Crippen molar-refractivity contribution >= 4 is 29.3 Å². The number of benzene rings is 2. The number of anilines is 1. The van der Waals surface area contributed by atoms with Gasteiger partial charge in [0.1, 0.15) is 5.54 Å². The number of hydrogen-bond donors (Lipinski definition) is 2. The minimum absolute atomic E-state index is 0.00532. The molecule has 4 nitrogen and oxygen atoms in total. The molecule has 2 aliphatic carbocycles. The van der Waals surface area contributed by atoms with E-state index in [0.717, 1.165) is 34.7 Å². The van der Waals surface area contributed by atoms with Crippen molar-refractivity contribution in [2.75, 3.05) is 11.1 Å². The maximum Gasteiger partial charge on any atom is 0.250 e. The standard InChI is InChI=1S/C25H26N2O2S.C2H6/c1-18(28)27-25(16-23(25)20-10-6-3-7-11-20)24(29)26-21-12-14-22(15-13-21)30-17-19-8-4-2-5-9-19;1-2/h3-4,6-15,23H,2,5,16-17H2,1H3,(H,26,29)(H,27,28);1-2H3. The molecular formula is C27H32N2O2S. The smallest absolute Gasteiger partial charge is 0.250 e. The van der Waals surface area contributed by atoms with Crippen LogP contribution in [0.2, 0.25) is 0 Å². The van der Waals surface area contributed by atoms with E-state index in [0.29, 0.717) is 6.42 Å². The fraction of sp³-hybridized carbons (Fsp3) is 0.333. The Morgan fingerprint density at radius 3 is 2.38 bits per heavy atom. The summed E-state index contributed by atoms with van der Waals surface area (Å²) in [4.78, 5) is 26.0. The first kappa shape index (κ1) is 23.9. The van der Waals surface area contributed by atoms with Crippen molar-refractivity contribution in [3.8, 4) is 0 Å². The second-order valence-corrected chi connectivity index (χ2v) is 8.89. The minimum atomic E-state index is -0.875. The van der Waals surface area contributed by atoms with Crippen LogP contribution in [-0.4, -0.2) is 23.1 Å². The van der Waals surface area contributed by atoms with Gasteiger partial charge in [0.2, 0.25) is 5.91 Å². The van der Waals surface area contributed by atoms with E-state index in [2.05, 4.69) is 28.9 Å². The molecule has 0 spiro atoms. The van der Waals surface area contributed by atoms with Crippen LogP contribution in [0, 0.1) is 0 Å². The first-order valence-corrected chi connectivity index (χ1v) is 12.3. The van der Waals surface area contributed by atoms with Gasteiger partial charge in [-0.25, -0.2) is 0 Å². The lowest BCUT2D eigenvalue weighted by atomic mass is 10.1. The minimum Gasteiger partial charge on any atom is -0.341 e. The number of rotatable bonds is 7. The summed E-state index contributed by atoms with van der Waals surface area (Å²) >= 11 is 1.79. The van der Waals surface area contributed by atoms with Gasteiger partial charge in [-0.05, 0) is 54.7 Å². The van der Waals surface area contributed by atoms with Crippen molar-refractivity contribution in [1.82, 2.24) is 5.32 Å². The SMILES string of the molecule is CC.CC(=O)NC1(C(=O)Nc2ccc(SCC3=CCCC=C3)cc2)CC1c1ccccc1. The summed E-state index contributed by atoms with van der Waals surface area (Å²) in [5.41, 5.74) is 2.30. The van der Waals surface area contributed by atoms with Crippen molar-refractivity contribution in [1.29, 1.82) is 0 Å². The van der Waals surface area contributed by atoms with Gasteiger partial charge in [0.15, 0.2) is 0 Å². The normalized spacial score (nSPS) is 21.0. The Hall–Kier alpha value is -2.79. The lowest BCUT2D eigenvalue weighted by molar-refractivity contribution is -0.126. The molecule has 0 bridgehead atoms. The zero-order valence-electron chi connectivity index (χ0n) is 19.1. The molecule has 0 saturated heterocycles. The summed E-state index contributed by atoms with van der Waals surface area (Å²) in [6.45, 7) is 5.46. The molecule has 2 aliphatic rings. The third kappa shape index (κ3) is 5.92. The number of hydrogen-bond acceptors (Lipinski definition) is 3. The van der Waals surface area contributed by atoms with Crippen LogP contribution in [0.1, 0.15) is 51.5 Å². The van der Waals surface area contributed by atoms with Gasteiger partial charge in [-0.15, -0.1) is 11.8 Å². The van der Waals surface area contributed by atoms with Crippen LogP contribution in [0.15, 0.2) is 83.3 Å². The first-order chi connectivity index (χ1) is 15.6. The van der Waals surface area contributed by atoms with Crippen molar-refractivity contribution in [3.05, 3.63) is 84.0 Å². The van der Waals surface area contributed by atoms with E-state index in [1.165, 1.54) is 12.5 Å². The molecular weight excluding hydrogens is 416 g/mol. The first-order valence-electron chi connectivity index (χ1n) is 11.3. The maximum atomic E-state index is 13.1. The molecule has 2 atom stereocenters. The quantitative estimate of drug-likeness (QED) is 0.505. The van der Waals surface area contributed by atoms with Crippen LogP contribution in [0.3, 0.4) is 0 Å². The van der Waals surface area contributed by atoms with Crippen LogP contribution in [0.25, 0.3) is 0 Å². The zero-order chi connectivity index (χ0) is 23.0. The van der Waals surface area contributed by atoms with E-state index in [4.69, 9.17) is 0 Å². The Bertz CT molecular complexity index is 982. The summed E-state index contributed by atoms with van der Waals surface area (Å²) in [6.07, 6.45) is 9.58. The Morgan fingerprint density at radius 1 is 1.03 bits per heavy atom. The van der Waals surface area contributed by atoms with Crippen molar-refractivity contribution < 1.29 is 9.59 Å². The summed E-state index contributed by atoms with van der Waals surface area (Å²) in [5, 5.41) is 5.90. The molecule has 2 amide bonds. The Morgan fingerprint density at radius 2 is 1.75 bits per heavy atom. The summed E-state index contributed by atoms with van der Waals surface area (Å²) in [6, 6.07) is 17.8. The van der Waals surface area contributed by atoms with Crippen LogP contribution in [0.5, 0.6) is 0 Å². The van der Waals surface area contributed by atoms with E-state index in [1.807, 2.05) is 68.4 Å². The number of carbonyl (C=O) groups is 2. The fourth-order valence-electron chi connectivity index (χ4n) is 3.93. The second kappa shape index (κ2) is 11.2. The number of allylic oxidation sites excluding steroid dienone is 3. The van der Waals surface area contributed by atoms with Gasteiger partial charge in [-0.2, -0.15) is 0 Å². The topological polar surface area (TPSA) is 58.2 Å². The highest BCUT2D eigenvalue weighted by Crippen LogP contribution is 2.52. The highest BCUT2D eigenvalue weighted by molar-refractivity contribution is 7.99. The summed E-state index contributed by atoms with van der Waals surface area (Å²) < 4.78 is 0. The van der Waals surface area contributed by atoms with Gasteiger partial charge in [0.05, 0.1) is 0 Å². The van der Waals surface area contributed by atoms with E-state index in [9.17, 15) is 9.59 Å². The number of thioether (sulfide) groups is 1. The Balaban J connectivity index is 0.00000141. The predicted molar refractivity (Wildman–Crippen MR) is 134 cm³/mol.